The minimum atomic E-state index is -3.75. The SMILES string of the molecule is CCCN(CC(=O)O)S(=O)(=O)c1ccc(C)c(C)c1. The average Bonchev–Trinajstić information content (AvgIpc) is 2.31. The smallest absolute Gasteiger partial charge is 0.318 e. The van der Waals surface area contributed by atoms with Gasteiger partial charge in [0.05, 0.1) is 4.90 Å². The second kappa shape index (κ2) is 6.16. The zero-order valence-corrected chi connectivity index (χ0v) is 12.2. The van der Waals surface area contributed by atoms with E-state index < -0.39 is 22.5 Å². The van der Waals surface area contributed by atoms with Crippen molar-refractivity contribution in [2.45, 2.75) is 32.1 Å². The molecule has 0 spiro atoms. The van der Waals surface area contributed by atoms with Crippen LogP contribution in [0.25, 0.3) is 0 Å². The Labute approximate surface area is 113 Å². The third-order valence-electron chi connectivity index (χ3n) is 2.90. The van der Waals surface area contributed by atoms with Crippen molar-refractivity contribution >= 4 is 16.0 Å². The number of hydrogen-bond donors (Lipinski definition) is 1. The summed E-state index contributed by atoms with van der Waals surface area (Å²) in [7, 11) is -3.75. The normalized spacial score (nSPS) is 11.8. The van der Waals surface area contributed by atoms with Crippen LogP contribution in [-0.4, -0.2) is 36.9 Å². The quantitative estimate of drug-likeness (QED) is 0.864. The van der Waals surface area contributed by atoms with E-state index in [1.165, 1.54) is 6.07 Å². The lowest BCUT2D eigenvalue weighted by molar-refractivity contribution is -0.137. The first-order chi connectivity index (χ1) is 8.78. The summed E-state index contributed by atoms with van der Waals surface area (Å²) in [6.07, 6.45) is 0.567. The summed E-state index contributed by atoms with van der Waals surface area (Å²) in [5, 5.41) is 8.81. The van der Waals surface area contributed by atoms with E-state index in [1.807, 2.05) is 20.8 Å². The summed E-state index contributed by atoms with van der Waals surface area (Å²) in [5.41, 5.74) is 1.87. The summed E-state index contributed by atoms with van der Waals surface area (Å²) < 4.78 is 25.8. The number of carbonyl (C=O) groups is 1. The average molecular weight is 285 g/mol. The zero-order valence-electron chi connectivity index (χ0n) is 11.4. The van der Waals surface area contributed by atoms with Crippen LogP contribution in [0.1, 0.15) is 24.5 Å². The third kappa shape index (κ3) is 3.78. The Morgan fingerprint density at radius 2 is 1.89 bits per heavy atom. The number of aliphatic carboxylic acids is 1. The Kier molecular flexibility index (Phi) is 5.08. The van der Waals surface area contributed by atoms with E-state index >= 15 is 0 Å². The Bertz CT molecular complexity index is 566. The van der Waals surface area contributed by atoms with Crippen LogP contribution >= 0.6 is 0 Å². The predicted octanol–water partition coefficient (Wildman–Crippen LogP) is 1.79. The van der Waals surface area contributed by atoms with Crippen LogP contribution in [0.4, 0.5) is 0 Å². The van der Waals surface area contributed by atoms with Crippen molar-refractivity contribution in [3.05, 3.63) is 29.3 Å². The molecule has 0 unspecified atom stereocenters. The van der Waals surface area contributed by atoms with Crippen molar-refractivity contribution < 1.29 is 18.3 Å². The van der Waals surface area contributed by atoms with E-state index in [0.29, 0.717) is 6.42 Å². The molecule has 0 aliphatic heterocycles. The highest BCUT2D eigenvalue weighted by Gasteiger charge is 2.25. The van der Waals surface area contributed by atoms with Crippen molar-refractivity contribution in [3.8, 4) is 0 Å². The monoisotopic (exact) mass is 285 g/mol. The van der Waals surface area contributed by atoms with Gasteiger partial charge in [0.1, 0.15) is 6.54 Å². The topological polar surface area (TPSA) is 74.7 Å². The molecule has 1 aromatic rings. The molecular formula is C13H19NO4S. The first kappa shape index (κ1) is 15.7. The molecule has 0 atom stereocenters. The van der Waals surface area contributed by atoms with Gasteiger partial charge in [-0.1, -0.05) is 13.0 Å². The number of rotatable bonds is 6. The molecule has 0 aromatic heterocycles. The molecule has 19 heavy (non-hydrogen) atoms. The maximum Gasteiger partial charge on any atom is 0.318 e. The molecule has 0 bridgehead atoms. The van der Waals surface area contributed by atoms with E-state index in [-0.39, 0.29) is 11.4 Å². The van der Waals surface area contributed by atoms with Crippen molar-refractivity contribution in [2.24, 2.45) is 0 Å². The molecule has 1 N–H and O–H groups in total. The fourth-order valence-electron chi connectivity index (χ4n) is 1.71. The van der Waals surface area contributed by atoms with Gasteiger partial charge < -0.3 is 5.11 Å². The number of carboxylic acids is 1. The van der Waals surface area contributed by atoms with Gasteiger partial charge in [0.15, 0.2) is 0 Å². The molecule has 0 saturated carbocycles. The maximum absolute atomic E-state index is 12.4. The molecule has 0 amide bonds. The molecule has 1 rings (SSSR count). The van der Waals surface area contributed by atoms with Crippen molar-refractivity contribution in [1.29, 1.82) is 0 Å². The highest BCUT2D eigenvalue weighted by Crippen LogP contribution is 2.19. The van der Waals surface area contributed by atoms with Gasteiger partial charge in [-0.3, -0.25) is 4.79 Å². The molecule has 0 saturated heterocycles. The largest absolute Gasteiger partial charge is 0.480 e. The van der Waals surface area contributed by atoms with Gasteiger partial charge in [0, 0.05) is 6.54 Å². The molecule has 0 aliphatic rings. The molecular weight excluding hydrogens is 266 g/mol. The zero-order chi connectivity index (χ0) is 14.6. The minimum absolute atomic E-state index is 0.144. The van der Waals surface area contributed by atoms with Crippen LogP contribution in [0.2, 0.25) is 0 Å². The Morgan fingerprint density at radius 3 is 2.37 bits per heavy atom. The number of sulfonamides is 1. The second-order valence-corrected chi connectivity index (χ2v) is 6.42. The van der Waals surface area contributed by atoms with Gasteiger partial charge in [-0.05, 0) is 43.5 Å². The number of carboxylic acid groups (broad SMARTS) is 1. The van der Waals surface area contributed by atoms with E-state index in [1.54, 1.807) is 12.1 Å². The van der Waals surface area contributed by atoms with Crippen LogP contribution < -0.4 is 0 Å². The first-order valence-electron chi connectivity index (χ1n) is 6.08. The number of aryl methyl sites for hydroxylation is 2. The van der Waals surface area contributed by atoms with Gasteiger partial charge in [0.2, 0.25) is 10.0 Å². The molecule has 0 aliphatic carbocycles. The molecule has 5 nitrogen and oxygen atoms in total. The summed E-state index contributed by atoms with van der Waals surface area (Å²) in [5.74, 6) is -1.15. The predicted molar refractivity (Wildman–Crippen MR) is 72.6 cm³/mol. The van der Waals surface area contributed by atoms with E-state index in [2.05, 4.69) is 0 Å². The summed E-state index contributed by atoms with van der Waals surface area (Å²) in [4.78, 5) is 10.9. The first-order valence-corrected chi connectivity index (χ1v) is 7.52. The fourth-order valence-corrected chi connectivity index (χ4v) is 3.28. The lowest BCUT2D eigenvalue weighted by atomic mass is 10.1. The van der Waals surface area contributed by atoms with Gasteiger partial charge >= 0.3 is 5.97 Å². The van der Waals surface area contributed by atoms with E-state index in [9.17, 15) is 13.2 Å². The second-order valence-electron chi connectivity index (χ2n) is 4.48. The molecule has 0 fully saturated rings. The van der Waals surface area contributed by atoms with Crippen LogP contribution in [0, 0.1) is 13.8 Å². The van der Waals surface area contributed by atoms with Crippen molar-refractivity contribution in [2.75, 3.05) is 13.1 Å². The lowest BCUT2D eigenvalue weighted by Gasteiger charge is -2.20. The third-order valence-corrected chi connectivity index (χ3v) is 4.74. The summed E-state index contributed by atoms with van der Waals surface area (Å²) >= 11 is 0. The van der Waals surface area contributed by atoms with Crippen LogP contribution in [-0.2, 0) is 14.8 Å². The number of hydrogen-bond acceptors (Lipinski definition) is 3. The van der Waals surface area contributed by atoms with Crippen molar-refractivity contribution in [3.63, 3.8) is 0 Å². The maximum atomic E-state index is 12.4. The molecule has 106 valence electrons. The van der Waals surface area contributed by atoms with Crippen LogP contribution in [0.5, 0.6) is 0 Å². The highest BCUT2D eigenvalue weighted by molar-refractivity contribution is 7.89. The number of benzene rings is 1. The fraction of sp³-hybridized carbons (Fsp3) is 0.462. The molecule has 1 aromatic carbocycles. The summed E-state index contributed by atoms with van der Waals surface area (Å²) in [6, 6.07) is 4.82. The summed E-state index contributed by atoms with van der Waals surface area (Å²) in [6.45, 7) is 5.22. The Hall–Kier alpha value is -1.40. The van der Waals surface area contributed by atoms with E-state index in [0.717, 1.165) is 15.4 Å². The number of nitrogens with zero attached hydrogens (tertiary/aromatic N) is 1. The minimum Gasteiger partial charge on any atom is -0.480 e. The standard InChI is InChI=1S/C13H19NO4S/c1-4-7-14(9-13(15)16)19(17,18)12-6-5-10(2)11(3)8-12/h5-6,8H,4,7,9H2,1-3H3,(H,15,16). The van der Waals surface area contributed by atoms with Crippen LogP contribution in [0.15, 0.2) is 23.1 Å². The Balaban J connectivity index is 3.18. The highest BCUT2D eigenvalue weighted by atomic mass is 32.2. The van der Waals surface area contributed by atoms with Crippen molar-refractivity contribution in [1.82, 2.24) is 4.31 Å². The lowest BCUT2D eigenvalue weighted by Crippen LogP contribution is -2.36. The van der Waals surface area contributed by atoms with E-state index in [4.69, 9.17) is 5.11 Å². The van der Waals surface area contributed by atoms with Gasteiger partial charge in [0.25, 0.3) is 0 Å². The molecule has 0 heterocycles. The Morgan fingerprint density at radius 1 is 1.26 bits per heavy atom. The molecule has 0 radical (unpaired) electrons. The molecule has 6 heteroatoms. The van der Waals surface area contributed by atoms with Gasteiger partial charge in [-0.15, -0.1) is 0 Å². The van der Waals surface area contributed by atoms with Crippen LogP contribution in [0.3, 0.4) is 0 Å². The van der Waals surface area contributed by atoms with Gasteiger partial charge in [-0.2, -0.15) is 4.31 Å². The van der Waals surface area contributed by atoms with Gasteiger partial charge in [-0.25, -0.2) is 8.42 Å².